The molecule has 1 aromatic rings. The van der Waals surface area contributed by atoms with Gasteiger partial charge in [-0.25, -0.2) is 0 Å². The number of rotatable bonds is 1. The lowest BCUT2D eigenvalue weighted by Gasteiger charge is -2.28. The molecule has 0 spiro atoms. The van der Waals surface area contributed by atoms with Gasteiger partial charge in [-0.15, -0.1) is 0 Å². The van der Waals surface area contributed by atoms with Crippen molar-refractivity contribution >= 4 is 0 Å². The van der Waals surface area contributed by atoms with Crippen molar-refractivity contribution in [2.24, 2.45) is 0 Å². The minimum absolute atomic E-state index is 0.605. The van der Waals surface area contributed by atoms with Crippen LogP contribution in [0.1, 0.15) is 42.0 Å². The summed E-state index contributed by atoms with van der Waals surface area (Å²) >= 11 is 0. The third-order valence-corrected chi connectivity index (χ3v) is 4.15. The van der Waals surface area contributed by atoms with Gasteiger partial charge in [0.1, 0.15) is 0 Å². The van der Waals surface area contributed by atoms with E-state index in [1.54, 1.807) is 5.56 Å². The average Bonchev–Trinajstić information content (AvgIpc) is 2.39. The van der Waals surface area contributed by atoms with E-state index in [-0.39, 0.29) is 0 Å². The zero-order valence-corrected chi connectivity index (χ0v) is 10.7. The van der Waals surface area contributed by atoms with Crippen molar-refractivity contribution in [3.63, 3.8) is 0 Å². The van der Waals surface area contributed by atoms with Crippen LogP contribution < -0.4 is 5.32 Å². The smallest absolute Gasteiger partial charge is 0.0320 e. The summed E-state index contributed by atoms with van der Waals surface area (Å²) in [5.74, 6) is 0. The molecule has 0 saturated carbocycles. The third kappa shape index (κ3) is 2.38. The molecule has 1 atom stereocenters. The molecule has 17 heavy (non-hydrogen) atoms. The van der Waals surface area contributed by atoms with Crippen LogP contribution in [-0.2, 0) is 13.0 Å². The van der Waals surface area contributed by atoms with Gasteiger partial charge in [0.25, 0.3) is 0 Å². The van der Waals surface area contributed by atoms with Gasteiger partial charge < -0.3 is 10.2 Å². The van der Waals surface area contributed by atoms with E-state index >= 15 is 0 Å². The highest BCUT2D eigenvalue weighted by molar-refractivity contribution is 5.35. The summed E-state index contributed by atoms with van der Waals surface area (Å²) < 4.78 is 0. The van der Waals surface area contributed by atoms with Crippen LogP contribution in [0.2, 0.25) is 0 Å². The Morgan fingerprint density at radius 2 is 2.18 bits per heavy atom. The van der Waals surface area contributed by atoms with E-state index in [1.807, 2.05) is 0 Å². The molecule has 1 aromatic carbocycles. The van der Waals surface area contributed by atoms with Gasteiger partial charge in [-0.05, 0) is 49.5 Å². The number of benzene rings is 1. The number of hydrogen-bond donors (Lipinski definition) is 1. The summed E-state index contributed by atoms with van der Waals surface area (Å²) in [5, 5.41) is 3.64. The molecule has 0 aliphatic carbocycles. The quantitative estimate of drug-likeness (QED) is 0.797. The fourth-order valence-corrected chi connectivity index (χ4v) is 3.07. The minimum Gasteiger partial charge on any atom is -0.310 e. The van der Waals surface area contributed by atoms with Gasteiger partial charge in [0.05, 0.1) is 0 Å². The molecule has 1 fully saturated rings. The van der Waals surface area contributed by atoms with Crippen molar-refractivity contribution in [1.82, 2.24) is 10.2 Å². The Labute approximate surface area is 104 Å². The molecule has 1 saturated heterocycles. The normalized spacial score (nSPS) is 25.6. The highest BCUT2D eigenvalue weighted by atomic mass is 15.1. The van der Waals surface area contributed by atoms with Gasteiger partial charge in [-0.2, -0.15) is 0 Å². The van der Waals surface area contributed by atoms with Gasteiger partial charge in [0.15, 0.2) is 0 Å². The average molecular weight is 230 g/mol. The summed E-state index contributed by atoms with van der Waals surface area (Å²) in [6.45, 7) is 3.51. The Hall–Kier alpha value is -0.860. The monoisotopic (exact) mass is 230 g/mol. The summed E-state index contributed by atoms with van der Waals surface area (Å²) in [4.78, 5) is 2.40. The second-order valence-electron chi connectivity index (χ2n) is 5.52. The summed E-state index contributed by atoms with van der Waals surface area (Å²) in [6, 6.07) is 7.73. The zero-order chi connectivity index (χ0) is 11.7. The van der Waals surface area contributed by atoms with Crippen LogP contribution in [0.15, 0.2) is 18.2 Å². The first-order valence-electron chi connectivity index (χ1n) is 6.86. The highest BCUT2D eigenvalue weighted by Crippen LogP contribution is 2.27. The molecule has 0 aromatic heterocycles. The molecule has 0 bridgehead atoms. The van der Waals surface area contributed by atoms with Crippen LogP contribution in [0, 0.1) is 0 Å². The lowest BCUT2D eigenvalue weighted by Crippen LogP contribution is -2.29. The predicted molar refractivity (Wildman–Crippen MR) is 71.1 cm³/mol. The number of hydrogen-bond acceptors (Lipinski definition) is 2. The lowest BCUT2D eigenvalue weighted by molar-refractivity contribution is 0.312. The number of fused-ring (bicyclic) bond motifs is 1. The fourth-order valence-electron chi connectivity index (χ4n) is 3.07. The molecule has 2 nitrogen and oxygen atoms in total. The van der Waals surface area contributed by atoms with Crippen LogP contribution in [-0.4, -0.2) is 25.0 Å². The Morgan fingerprint density at radius 1 is 1.24 bits per heavy atom. The Kier molecular flexibility index (Phi) is 3.17. The summed E-state index contributed by atoms with van der Waals surface area (Å²) in [6.07, 6.45) is 5.23. The largest absolute Gasteiger partial charge is 0.310 e. The van der Waals surface area contributed by atoms with E-state index in [2.05, 4.69) is 35.5 Å². The molecule has 2 heterocycles. The van der Waals surface area contributed by atoms with E-state index in [1.165, 1.54) is 49.9 Å². The van der Waals surface area contributed by atoms with Crippen molar-refractivity contribution in [2.75, 3.05) is 20.1 Å². The van der Waals surface area contributed by atoms with E-state index in [4.69, 9.17) is 0 Å². The standard InChI is InChI=1S/C15H22N2/c1-17-9-7-12-10-13(5-6-14(12)11-17)15-4-2-3-8-16-15/h5-6,10,15-16H,2-4,7-9,11H2,1H3. The van der Waals surface area contributed by atoms with Crippen LogP contribution >= 0.6 is 0 Å². The predicted octanol–water partition coefficient (Wildman–Crippen LogP) is 2.49. The first-order valence-corrected chi connectivity index (χ1v) is 6.86. The molecule has 2 aliphatic heterocycles. The van der Waals surface area contributed by atoms with E-state index < -0.39 is 0 Å². The zero-order valence-electron chi connectivity index (χ0n) is 10.7. The van der Waals surface area contributed by atoms with Crippen molar-refractivity contribution in [3.8, 4) is 0 Å². The maximum absolute atomic E-state index is 3.64. The van der Waals surface area contributed by atoms with Gasteiger partial charge in [0, 0.05) is 19.1 Å². The lowest BCUT2D eigenvalue weighted by atomic mass is 9.92. The van der Waals surface area contributed by atoms with Gasteiger partial charge >= 0.3 is 0 Å². The number of nitrogens with zero attached hydrogens (tertiary/aromatic N) is 1. The molecular formula is C15H22N2. The maximum atomic E-state index is 3.64. The van der Waals surface area contributed by atoms with Gasteiger partial charge in [-0.1, -0.05) is 24.6 Å². The number of piperidine rings is 1. The van der Waals surface area contributed by atoms with Gasteiger partial charge in [0.2, 0.25) is 0 Å². The van der Waals surface area contributed by atoms with E-state index in [0.717, 1.165) is 6.54 Å². The van der Waals surface area contributed by atoms with Crippen LogP contribution in [0.25, 0.3) is 0 Å². The number of likely N-dealkylation sites (N-methyl/N-ethyl adjacent to an activating group) is 1. The molecule has 0 radical (unpaired) electrons. The fraction of sp³-hybridized carbons (Fsp3) is 0.600. The first-order chi connectivity index (χ1) is 8.33. The molecule has 1 N–H and O–H groups in total. The van der Waals surface area contributed by atoms with Crippen molar-refractivity contribution in [3.05, 3.63) is 34.9 Å². The van der Waals surface area contributed by atoms with E-state index in [0.29, 0.717) is 6.04 Å². The van der Waals surface area contributed by atoms with Crippen LogP contribution in [0.3, 0.4) is 0 Å². The molecule has 3 rings (SSSR count). The Balaban J connectivity index is 1.82. The first kappa shape index (κ1) is 11.2. The Bertz CT molecular complexity index is 394. The van der Waals surface area contributed by atoms with Crippen LogP contribution in [0.4, 0.5) is 0 Å². The van der Waals surface area contributed by atoms with Crippen LogP contribution in [0.5, 0.6) is 0 Å². The highest BCUT2D eigenvalue weighted by Gasteiger charge is 2.18. The summed E-state index contributed by atoms with van der Waals surface area (Å²) in [5.41, 5.74) is 4.61. The number of nitrogens with one attached hydrogen (secondary N) is 1. The third-order valence-electron chi connectivity index (χ3n) is 4.15. The molecule has 2 aliphatic rings. The van der Waals surface area contributed by atoms with E-state index in [9.17, 15) is 0 Å². The molecule has 92 valence electrons. The summed E-state index contributed by atoms with van der Waals surface area (Å²) in [7, 11) is 2.21. The van der Waals surface area contributed by atoms with Crippen molar-refractivity contribution in [2.45, 2.75) is 38.3 Å². The minimum atomic E-state index is 0.605. The Morgan fingerprint density at radius 3 is 3.00 bits per heavy atom. The SMILES string of the molecule is CN1CCc2cc(C3CCCCN3)ccc2C1. The molecular weight excluding hydrogens is 208 g/mol. The topological polar surface area (TPSA) is 15.3 Å². The second-order valence-corrected chi connectivity index (χ2v) is 5.52. The molecule has 1 unspecified atom stereocenters. The maximum Gasteiger partial charge on any atom is 0.0320 e. The van der Waals surface area contributed by atoms with Gasteiger partial charge in [-0.3, -0.25) is 0 Å². The van der Waals surface area contributed by atoms with Crippen molar-refractivity contribution in [1.29, 1.82) is 0 Å². The van der Waals surface area contributed by atoms with Crippen molar-refractivity contribution < 1.29 is 0 Å². The molecule has 2 heteroatoms. The second kappa shape index (κ2) is 4.79. The molecule has 0 amide bonds.